The highest BCUT2D eigenvalue weighted by Gasteiger charge is 2.18. The van der Waals surface area contributed by atoms with Gasteiger partial charge in [-0.2, -0.15) is 0 Å². The van der Waals surface area contributed by atoms with Gasteiger partial charge in [-0.15, -0.1) is 11.8 Å². The number of likely N-dealkylation sites (N-methyl/N-ethyl adjacent to an activating group) is 1. The zero-order valence-corrected chi connectivity index (χ0v) is 12.6. The van der Waals surface area contributed by atoms with Crippen LogP contribution in [0.2, 0.25) is 0 Å². The van der Waals surface area contributed by atoms with E-state index in [1.807, 2.05) is 4.90 Å². The molecule has 2 rings (SSSR count). The third-order valence-electron chi connectivity index (χ3n) is 3.46. The SMILES string of the molecule is Cc1ccc(SCCC(=O)N2CCN(C)CC2)cc1. The topological polar surface area (TPSA) is 23.6 Å². The van der Waals surface area contributed by atoms with Gasteiger partial charge in [-0.3, -0.25) is 4.79 Å². The van der Waals surface area contributed by atoms with Crippen LogP contribution in [0.1, 0.15) is 12.0 Å². The molecule has 0 bridgehead atoms. The third-order valence-corrected chi connectivity index (χ3v) is 4.48. The van der Waals surface area contributed by atoms with E-state index in [4.69, 9.17) is 0 Å². The van der Waals surface area contributed by atoms with E-state index in [2.05, 4.69) is 43.1 Å². The monoisotopic (exact) mass is 278 g/mol. The molecule has 0 aromatic heterocycles. The average Bonchev–Trinajstić information content (AvgIpc) is 2.41. The zero-order chi connectivity index (χ0) is 13.7. The van der Waals surface area contributed by atoms with Crippen LogP contribution < -0.4 is 0 Å². The molecule has 0 radical (unpaired) electrons. The lowest BCUT2D eigenvalue weighted by atomic mass is 10.2. The maximum Gasteiger partial charge on any atom is 0.223 e. The van der Waals surface area contributed by atoms with Gasteiger partial charge >= 0.3 is 0 Å². The Bertz CT molecular complexity index is 411. The van der Waals surface area contributed by atoms with Crippen LogP contribution in [0.3, 0.4) is 0 Å². The molecule has 1 aromatic rings. The van der Waals surface area contributed by atoms with E-state index in [0.717, 1.165) is 31.9 Å². The van der Waals surface area contributed by atoms with Crippen molar-refractivity contribution >= 4 is 17.7 Å². The zero-order valence-electron chi connectivity index (χ0n) is 11.8. The largest absolute Gasteiger partial charge is 0.340 e. The molecule has 1 fully saturated rings. The number of piperazine rings is 1. The third kappa shape index (κ3) is 4.55. The van der Waals surface area contributed by atoms with E-state index in [-0.39, 0.29) is 0 Å². The first-order valence-electron chi connectivity index (χ1n) is 6.81. The first kappa shape index (κ1) is 14.4. The van der Waals surface area contributed by atoms with Crippen LogP contribution in [0.4, 0.5) is 0 Å². The summed E-state index contributed by atoms with van der Waals surface area (Å²) in [6.07, 6.45) is 0.641. The number of rotatable bonds is 4. The van der Waals surface area contributed by atoms with Gasteiger partial charge in [0.05, 0.1) is 0 Å². The molecule has 1 heterocycles. The molecule has 1 saturated heterocycles. The lowest BCUT2D eigenvalue weighted by Crippen LogP contribution is -2.47. The van der Waals surface area contributed by atoms with E-state index < -0.39 is 0 Å². The van der Waals surface area contributed by atoms with Gasteiger partial charge in [-0.1, -0.05) is 17.7 Å². The number of hydrogen-bond acceptors (Lipinski definition) is 3. The summed E-state index contributed by atoms with van der Waals surface area (Å²) in [5.74, 6) is 1.17. The van der Waals surface area contributed by atoms with Crippen LogP contribution in [-0.2, 0) is 4.79 Å². The van der Waals surface area contributed by atoms with Gasteiger partial charge in [0.15, 0.2) is 0 Å². The fraction of sp³-hybridized carbons (Fsp3) is 0.533. The van der Waals surface area contributed by atoms with E-state index >= 15 is 0 Å². The molecule has 0 atom stereocenters. The maximum atomic E-state index is 12.0. The minimum absolute atomic E-state index is 0.299. The van der Waals surface area contributed by atoms with Crippen molar-refractivity contribution in [3.05, 3.63) is 29.8 Å². The molecule has 0 aliphatic carbocycles. The molecule has 0 unspecified atom stereocenters. The standard InChI is InChI=1S/C15H22N2OS/c1-13-3-5-14(6-4-13)19-12-7-15(18)17-10-8-16(2)9-11-17/h3-6H,7-12H2,1-2H3. The van der Waals surface area contributed by atoms with Crippen LogP contribution in [0.5, 0.6) is 0 Å². The van der Waals surface area contributed by atoms with Crippen molar-refractivity contribution in [1.29, 1.82) is 0 Å². The van der Waals surface area contributed by atoms with Crippen molar-refractivity contribution in [1.82, 2.24) is 9.80 Å². The normalized spacial score (nSPS) is 16.6. The van der Waals surface area contributed by atoms with Crippen molar-refractivity contribution in [2.75, 3.05) is 39.0 Å². The molecule has 4 heteroatoms. The van der Waals surface area contributed by atoms with Gasteiger partial charge < -0.3 is 9.80 Å². The molecule has 1 amide bonds. The molecule has 1 aliphatic rings. The Hall–Kier alpha value is -1.00. The van der Waals surface area contributed by atoms with Gasteiger partial charge in [0.25, 0.3) is 0 Å². The lowest BCUT2D eigenvalue weighted by Gasteiger charge is -2.32. The van der Waals surface area contributed by atoms with Gasteiger partial charge in [0, 0.05) is 43.2 Å². The first-order chi connectivity index (χ1) is 9.15. The number of carbonyl (C=O) groups excluding carboxylic acids is 1. The van der Waals surface area contributed by atoms with Crippen LogP contribution in [0, 0.1) is 6.92 Å². The fourth-order valence-corrected chi connectivity index (χ4v) is 2.95. The minimum Gasteiger partial charge on any atom is -0.340 e. The molecular formula is C15H22N2OS. The fourth-order valence-electron chi connectivity index (χ4n) is 2.10. The van der Waals surface area contributed by atoms with Crippen LogP contribution in [0.15, 0.2) is 29.2 Å². The number of amides is 1. The highest BCUT2D eigenvalue weighted by atomic mass is 32.2. The Balaban J connectivity index is 1.70. The van der Waals surface area contributed by atoms with Gasteiger partial charge in [0.2, 0.25) is 5.91 Å². The number of thioether (sulfide) groups is 1. The van der Waals surface area contributed by atoms with Gasteiger partial charge in [-0.05, 0) is 26.1 Å². The van der Waals surface area contributed by atoms with E-state index in [9.17, 15) is 4.79 Å². The van der Waals surface area contributed by atoms with Crippen LogP contribution in [0.25, 0.3) is 0 Å². The van der Waals surface area contributed by atoms with Crippen molar-refractivity contribution < 1.29 is 4.79 Å². The van der Waals surface area contributed by atoms with Gasteiger partial charge in [-0.25, -0.2) is 0 Å². The first-order valence-corrected chi connectivity index (χ1v) is 7.79. The van der Waals surface area contributed by atoms with Crippen molar-refractivity contribution in [3.63, 3.8) is 0 Å². The summed E-state index contributed by atoms with van der Waals surface area (Å²) < 4.78 is 0. The summed E-state index contributed by atoms with van der Waals surface area (Å²) in [6, 6.07) is 8.48. The highest BCUT2D eigenvalue weighted by molar-refractivity contribution is 7.99. The summed E-state index contributed by atoms with van der Waals surface area (Å²) in [7, 11) is 2.11. The second kappa shape index (κ2) is 6.96. The van der Waals surface area contributed by atoms with Crippen molar-refractivity contribution in [3.8, 4) is 0 Å². The number of nitrogens with zero attached hydrogens (tertiary/aromatic N) is 2. The molecule has 0 spiro atoms. The van der Waals surface area contributed by atoms with E-state index in [0.29, 0.717) is 12.3 Å². The number of benzene rings is 1. The summed E-state index contributed by atoms with van der Waals surface area (Å²) in [4.78, 5) is 17.6. The number of hydrogen-bond donors (Lipinski definition) is 0. The molecule has 3 nitrogen and oxygen atoms in total. The Morgan fingerprint density at radius 1 is 1.16 bits per heavy atom. The molecule has 0 N–H and O–H groups in total. The number of carbonyl (C=O) groups is 1. The Labute approximate surface area is 120 Å². The van der Waals surface area contributed by atoms with Crippen LogP contribution >= 0.6 is 11.8 Å². The molecule has 1 aromatic carbocycles. The molecular weight excluding hydrogens is 256 g/mol. The van der Waals surface area contributed by atoms with E-state index in [1.54, 1.807) is 11.8 Å². The van der Waals surface area contributed by atoms with Gasteiger partial charge in [0.1, 0.15) is 0 Å². The summed E-state index contributed by atoms with van der Waals surface area (Å²) in [5, 5.41) is 0. The Morgan fingerprint density at radius 2 is 1.79 bits per heavy atom. The number of aryl methyl sites for hydroxylation is 1. The summed E-state index contributed by atoms with van der Waals surface area (Å²) in [6.45, 7) is 5.84. The summed E-state index contributed by atoms with van der Waals surface area (Å²) in [5.41, 5.74) is 1.28. The molecule has 19 heavy (non-hydrogen) atoms. The Morgan fingerprint density at radius 3 is 2.42 bits per heavy atom. The average molecular weight is 278 g/mol. The van der Waals surface area contributed by atoms with E-state index in [1.165, 1.54) is 10.5 Å². The molecule has 104 valence electrons. The molecule has 1 aliphatic heterocycles. The second-order valence-corrected chi connectivity index (χ2v) is 6.26. The Kier molecular flexibility index (Phi) is 5.28. The highest BCUT2D eigenvalue weighted by Crippen LogP contribution is 2.19. The second-order valence-electron chi connectivity index (χ2n) is 5.10. The minimum atomic E-state index is 0.299. The predicted molar refractivity (Wildman–Crippen MR) is 80.6 cm³/mol. The van der Waals surface area contributed by atoms with Crippen LogP contribution in [-0.4, -0.2) is 54.7 Å². The quantitative estimate of drug-likeness (QED) is 0.789. The predicted octanol–water partition coefficient (Wildman–Crippen LogP) is 2.25. The lowest BCUT2D eigenvalue weighted by molar-refractivity contribution is -0.132. The van der Waals surface area contributed by atoms with Crippen molar-refractivity contribution in [2.45, 2.75) is 18.2 Å². The van der Waals surface area contributed by atoms with Crippen molar-refractivity contribution in [2.24, 2.45) is 0 Å². The maximum absolute atomic E-state index is 12.0. The molecule has 0 saturated carbocycles. The summed E-state index contributed by atoms with van der Waals surface area (Å²) >= 11 is 1.76. The smallest absolute Gasteiger partial charge is 0.223 e.